The number of hydrogen-bond donors (Lipinski definition) is 0. The van der Waals surface area contributed by atoms with Gasteiger partial charge in [-0.2, -0.15) is 0 Å². The van der Waals surface area contributed by atoms with E-state index < -0.39 is 0 Å². The Hall–Kier alpha value is 2.43. The maximum atomic E-state index is 0. The van der Waals surface area contributed by atoms with Gasteiger partial charge in [-0.25, -0.2) is 0 Å². The molecule has 0 aliphatic carbocycles. The maximum absolute atomic E-state index is 0. The van der Waals surface area contributed by atoms with Crippen LogP contribution in [0.3, 0.4) is 0 Å². The van der Waals surface area contributed by atoms with Crippen LogP contribution >= 0.6 is 0 Å². The molecule has 0 aromatic carbocycles. The van der Waals surface area contributed by atoms with Crippen molar-refractivity contribution in [1.29, 1.82) is 0 Å². The summed E-state index contributed by atoms with van der Waals surface area (Å²) in [6.07, 6.45) is 0. The second-order valence-electron chi connectivity index (χ2n) is 0. The maximum Gasteiger partial charge on any atom is 0.146 e. The summed E-state index contributed by atoms with van der Waals surface area (Å²) >= 11 is 0. The monoisotopic (exact) mass is 233 g/mol. The standard InChI is InChI=1S/Al.Mo.Ni.Ti.2H. The van der Waals surface area contributed by atoms with Crippen molar-refractivity contribution in [2.24, 2.45) is 0 Å². The summed E-state index contributed by atoms with van der Waals surface area (Å²) in [7, 11) is 0. The van der Waals surface area contributed by atoms with Gasteiger partial charge in [0.1, 0.15) is 17.4 Å². The van der Waals surface area contributed by atoms with Crippen LogP contribution < -0.4 is 0 Å². The van der Waals surface area contributed by atoms with Gasteiger partial charge in [0, 0.05) is 59.3 Å². The average molecular weight is 231 g/mol. The van der Waals surface area contributed by atoms with Crippen LogP contribution in [0.4, 0.5) is 0 Å². The van der Waals surface area contributed by atoms with Crippen LogP contribution in [0.15, 0.2) is 0 Å². The minimum atomic E-state index is 0. The Balaban J connectivity index is 0. The molecule has 0 atom stereocenters. The summed E-state index contributed by atoms with van der Waals surface area (Å²) in [5.41, 5.74) is 0. The summed E-state index contributed by atoms with van der Waals surface area (Å²) in [6.45, 7) is 0. The molecule has 0 aliphatic rings. The molecule has 0 unspecified atom stereocenters. The summed E-state index contributed by atoms with van der Waals surface area (Å²) in [5, 5.41) is 0. The molecular formula is H2AlMoNiTi. The SMILES string of the molecule is [AlH2].[Mo].[Ni].[Ti]. The van der Waals surface area contributed by atoms with E-state index in [-0.39, 0.29) is 76.6 Å². The van der Waals surface area contributed by atoms with Gasteiger partial charge in [0.25, 0.3) is 0 Å². The number of rotatable bonds is 0. The van der Waals surface area contributed by atoms with E-state index in [1.165, 1.54) is 0 Å². The minimum absolute atomic E-state index is 0. The van der Waals surface area contributed by atoms with Gasteiger partial charge in [-0.1, -0.05) is 0 Å². The van der Waals surface area contributed by atoms with Crippen molar-refractivity contribution in [2.75, 3.05) is 0 Å². The Labute approximate surface area is 75.7 Å². The van der Waals surface area contributed by atoms with E-state index in [0.717, 1.165) is 0 Å². The molecule has 0 aromatic rings. The fourth-order valence-corrected chi connectivity index (χ4v) is 0. The van der Waals surface area contributed by atoms with Crippen molar-refractivity contribution < 1.29 is 59.3 Å². The normalized spacial score (nSPS) is 0. The van der Waals surface area contributed by atoms with Crippen molar-refractivity contribution in [3.63, 3.8) is 0 Å². The largest absolute Gasteiger partial charge is 0.146 e. The van der Waals surface area contributed by atoms with E-state index in [1.807, 2.05) is 0 Å². The summed E-state index contributed by atoms with van der Waals surface area (Å²) in [5.74, 6) is 0. The molecule has 0 rings (SSSR count). The predicted octanol–water partition coefficient (Wildman–Crippen LogP) is -0.924. The molecule has 25 valence electrons. The van der Waals surface area contributed by atoms with Crippen LogP contribution in [0.25, 0.3) is 0 Å². The Bertz CT molecular complexity index is 8.00. The third-order valence-electron chi connectivity index (χ3n) is 0. The predicted molar refractivity (Wildman–Crippen MR) is 8.54 cm³/mol. The molecule has 0 heterocycles. The fraction of sp³-hybridized carbons (Fsp3) is 0. The van der Waals surface area contributed by atoms with E-state index in [2.05, 4.69) is 0 Å². The Morgan fingerprint density at radius 2 is 1.00 bits per heavy atom. The van der Waals surface area contributed by atoms with Crippen LogP contribution in [-0.4, -0.2) is 17.4 Å². The molecule has 0 saturated heterocycles. The summed E-state index contributed by atoms with van der Waals surface area (Å²) in [6, 6.07) is 0. The number of hydrogen-bond acceptors (Lipinski definition) is 0. The second kappa shape index (κ2) is 18.1. The van der Waals surface area contributed by atoms with Crippen molar-refractivity contribution in [3.8, 4) is 0 Å². The first kappa shape index (κ1) is 32.1. The van der Waals surface area contributed by atoms with Gasteiger partial charge in [0.05, 0.1) is 0 Å². The third-order valence-corrected chi connectivity index (χ3v) is 0. The molecule has 0 bridgehead atoms. The van der Waals surface area contributed by atoms with Gasteiger partial charge in [-0.3, -0.25) is 0 Å². The van der Waals surface area contributed by atoms with Crippen LogP contribution in [0.2, 0.25) is 0 Å². The van der Waals surface area contributed by atoms with E-state index in [0.29, 0.717) is 0 Å². The molecular weight excluding hydrogens is 229 g/mol. The molecule has 0 amide bonds. The van der Waals surface area contributed by atoms with Crippen LogP contribution in [0.5, 0.6) is 0 Å². The van der Waals surface area contributed by atoms with E-state index >= 15 is 0 Å². The molecule has 0 aliphatic heterocycles. The van der Waals surface area contributed by atoms with Gasteiger partial charge in [-0.05, 0) is 0 Å². The zero-order valence-corrected chi connectivity index (χ0v) is 8.78. The van der Waals surface area contributed by atoms with Gasteiger partial charge in [0.15, 0.2) is 0 Å². The van der Waals surface area contributed by atoms with Crippen molar-refractivity contribution in [2.45, 2.75) is 0 Å². The third kappa shape index (κ3) is 8.83. The molecule has 1 radical (unpaired) electrons. The van der Waals surface area contributed by atoms with Crippen molar-refractivity contribution >= 4 is 17.4 Å². The average Bonchev–Trinajstić information content (AvgIpc) is 0. The summed E-state index contributed by atoms with van der Waals surface area (Å²) in [4.78, 5) is 0. The Kier molecular flexibility index (Phi) is 145. The van der Waals surface area contributed by atoms with Gasteiger partial charge >= 0.3 is 0 Å². The zero-order valence-electron chi connectivity index (χ0n) is 2.22. The molecule has 4 heavy (non-hydrogen) atoms. The quantitative estimate of drug-likeness (QED) is 0.473. The molecule has 4 heteroatoms. The first-order valence-electron chi connectivity index (χ1n) is 0. The molecule has 0 N–H and O–H groups in total. The Morgan fingerprint density at radius 3 is 1.00 bits per heavy atom. The van der Waals surface area contributed by atoms with E-state index in [1.54, 1.807) is 0 Å². The molecule has 0 fully saturated rings. The molecule has 0 aromatic heterocycles. The van der Waals surface area contributed by atoms with E-state index in [9.17, 15) is 0 Å². The second-order valence-corrected chi connectivity index (χ2v) is 0. The fourth-order valence-electron chi connectivity index (χ4n) is 0. The van der Waals surface area contributed by atoms with Gasteiger partial charge in [-0.15, -0.1) is 0 Å². The van der Waals surface area contributed by atoms with Gasteiger partial charge in [0.2, 0.25) is 0 Å². The first-order chi connectivity index (χ1) is 0. The Morgan fingerprint density at radius 1 is 1.00 bits per heavy atom. The van der Waals surface area contributed by atoms with Crippen LogP contribution in [0.1, 0.15) is 0 Å². The van der Waals surface area contributed by atoms with E-state index in [4.69, 9.17) is 0 Å². The molecule has 0 nitrogen and oxygen atoms in total. The zero-order chi connectivity index (χ0) is 0. The van der Waals surface area contributed by atoms with Crippen molar-refractivity contribution in [3.05, 3.63) is 0 Å². The smallest absolute Gasteiger partial charge is 0 e. The first-order valence-corrected chi connectivity index (χ1v) is 0. The molecule has 0 saturated carbocycles. The van der Waals surface area contributed by atoms with Crippen LogP contribution in [-0.2, 0) is 59.3 Å². The minimum Gasteiger partial charge on any atom is 0 e. The van der Waals surface area contributed by atoms with Gasteiger partial charge < -0.3 is 0 Å². The van der Waals surface area contributed by atoms with Crippen molar-refractivity contribution in [1.82, 2.24) is 0 Å². The summed E-state index contributed by atoms with van der Waals surface area (Å²) < 4.78 is 0. The van der Waals surface area contributed by atoms with Crippen LogP contribution in [0, 0.1) is 0 Å². The molecule has 0 spiro atoms. The topological polar surface area (TPSA) is 0 Å².